The summed E-state index contributed by atoms with van der Waals surface area (Å²) in [5.74, 6) is -3.63. The van der Waals surface area contributed by atoms with Gasteiger partial charge in [-0.3, -0.25) is 0 Å². The van der Waals surface area contributed by atoms with Gasteiger partial charge < -0.3 is 29.2 Å². The molecule has 0 spiro atoms. The van der Waals surface area contributed by atoms with E-state index in [-0.39, 0.29) is 22.3 Å². The molecule has 2 unspecified atom stereocenters. The number of esters is 4. The van der Waals surface area contributed by atoms with Gasteiger partial charge in [0.1, 0.15) is 12.2 Å². The van der Waals surface area contributed by atoms with E-state index in [9.17, 15) is 29.4 Å². The third-order valence-electron chi connectivity index (χ3n) is 7.00. The summed E-state index contributed by atoms with van der Waals surface area (Å²) >= 11 is 0. The normalized spacial score (nSPS) is 22.7. The van der Waals surface area contributed by atoms with E-state index in [0.29, 0.717) is 0 Å². The zero-order valence-corrected chi connectivity index (χ0v) is 23.2. The van der Waals surface area contributed by atoms with E-state index in [2.05, 4.69) is 0 Å². The van der Waals surface area contributed by atoms with Gasteiger partial charge in [0.25, 0.3) is 0 Å². The second-order valence-electron chi connectivity index (χ2n) is 9.92. The van der Waals surface area contributed by atoms with Crippen LogP contribution in [0.2, 0.25) is 0 Å². The smallest absolute Gasteiger partial charge is 0.338 e. The summed E-state index contributed by atoms with van der Waals surface area (Å²) in [5, 5.41) is 22.9. The average molecular weight is 597 g/mol. The van der Waals surface area contributed by atoms with Crippen molar-refractivity contribution in [2.75, 3.05) is 0 Å². The van der Waals surface area contributed by atoms with Gasteiger partial charge in [-0.1, -0.05) is 72.8 Å². The Bertz CT molecular complexity index is 1510. The third kappa shape index (κ3) is 6.83. The lowest BCUT2D eigenvalue weighted by Crippen LogP contribution is -2.67. The first-order valence-corrected chi connectivity index (χ1v) is 13.7. The van der Waals surface area contributed by atoms with Crippen molar-refractivity contribution in [3.8, 4) is 0 Å². The van der Waals surface area contributed by atoms with Crippen LogP contribution in [0.15, 0.2) is 121 Å². The van der Waals surface area contributed by atoms with Crippen LogP contribution < -0.4 is 0 Å². The predicted octanol–water partition coefficient (Wildman–Crippen LogP) is 3.62. The van der Waals surface area contributed by atoms with Crippen molar-refractivity contribution in [3.63, 3.8) is 0 Å². The van der Waals surface area contributed by atoms with Gasteiger partial charge in [-0.15, -0.1) is 0 Å². The Labute approximate surface area is 252 Å². The molecule has 224 valence electrons. The van der Waals surface area contributed by atoms with Gasteiger partial charge in [0, 0.05) is 0 Å². The molecule has 0 heterocycles. The molecule has 10 heteroatoms. The molecule has 44 heavy (non-hydrogen) atoms. The lowest BCUT2D eigenvalue weighted by molar-refractivity contribution is -0.223. The van der Waals surface area contributed by atoms with Gasteiger partial charge >= 0.3 is 23.9 Å². The summed E-state index contributed by atoms with van der Waals surface area (Å²) in [6.07, 6.45) is -10.8. The van der Waals surface area contributed by atoms with E-state index < -0.39 is 60.5 Å². The van der Waals surface area contributed by atoms with Crippen molar-refractivity contribution < 1.29 is 48.3 Å². The zero-order chi connectivity index (χ0) is 31.1. The van der Waals surface area contributed by atoms with Crippen molar-refractivity contribution in [1.82, 2.24) is 0 Å². The summed E-state index contributed by atoms with van der Waals surface area (Å²) in [6.45, 7) is 0. The van der Waals surface area contributed by atoms with Gasteiger partial charge in [-0.05, 0) is 48.5 Å². The van der Waals surface area contributed by atoms with Crippen LogP contribution in [0.3, 0.4) is 0 Å². The Morgan fingerprint density at radius 2 is 0.591 bits per heavy atom. The largest absolute Gasteiger partial charge is 0.453 e. The van der Waals surface area contributed by atoms with Gasteiger partial charge in [0.2, 0.25) is 0 Å². The minimum Gasteiger partial charge on any atom is -0.453 e. The van der Waals surface area contributed by atoms with Crippen LogP contribution in [0.4, 0.5) is 0 Å². The monoisotopic (exact) mass is 596 g/mol. The van der Waals surface area contributed by atoms with Crippen LogP contribution >= 0.6 is 0 Å². The van der Waals surface area contributed by atoms with Gasteiger partial charge in [0.05, 0.1) is 22.3 Å². The standard InChI is InChI=1S/C34H28O10/c35-25-27(41-31(37)21-13-5-1-6-14-21)26(36)29(43-33(39)23-17-9-3-10-18-23)30(44-34(40)24-19-11-4-12-20-24)28(25)42-32(38)22-15-7-2-8-16-22/h1-20,25-30,35-36H/t25-,26-,27?,28-,29+,30?/m0/s1. The van der Waals surface area contributed by atoms with Crippen molar-refractivity contribution in [1.29, 1.82) is 0 Å². The minimum atomic E-state index is -1.91. The number of carbonyl (C=O) groups excluding carboxylic acids is 4. The van der Waals surface area contributed by atoms with Crippen LogP contribution in [-0.4, -0.2) is 70.7 Å². The first-order valence-electron chi connectivity index (χ1n) is 13.7. The van der Waals surface area contributed by atoms with E-state index in [1.165, 1.54) is 48.5 Å². The maximum atomic E-state index is 13.2. The molecule has 1 aliphatic rings. The fraction of sp³-hybridized carbons (Fsp3) is 0.176. The molecule has 5 rings (SSSR count). The molecule has 4 aromatic carbocycles. The highest BCUT2D eigenvalue weighted by atomic mass is 16.6. The molecule has 0 saturated heterocycles. The maximum absolute atomic E-state index is 13.2. The highest BCUT2D eigenvalue weighted by Crippen LogP contribution is 2.32. The molecule has 6 atom stereocenters. The fourth-order valence-electron chi connectivity index (χ4n) is 4.76. The highest BCUT2D eigenvalue weighted by Gasteiger charge is 2.57. The molecular weight excluding hydrogens is 568 g/mol. The summed E-state index contributed by atoms with van der Waals surface area (Å²) in [5.41, 5.74) is 0.430. The van der Waals surface area contributed by atoms with E-state index in [4.69, 9.17) is 18.9 Å². The summed E-state index contributed by atoms with van der Waals surface area (Å²) in [6, 6.07) is 31.3. The quantitative estimate of drug-likeness (QED) is 0.228. The Kier molecular flexibility index (Phi) is 9.43. The van der Waals surface area contributed by atoms with Crippen molar-refractivity contribution in [2.24, 2.45) is 0 Å². The van der Waals surface area contributed by atoms with Crippen molar-refractivity contribution in [2.45, 2.75) is 36.6 Å². The molecule has 4 aromatic rings. The summed E-state index contributed by atoms with van der Waals surface area (Å²) < 4.78 is 22.5. The van der Waals surface area contributed by atoms with E-state index in [1.54, 1.807) is 72.8 Å². The van der Waals surface area contributed by atoms with E-state index in [0.717, 1.165) is 0 Å². The Balaban J connectivity index is 1.53. The van der Waals surface area contributed by atoms with Gasteiger partial charge in [-0.2, -0.15) is 0 Å². The molecule has 0 aliphatic heterocycles. The number of hydrogen-bond donors (Lipinski definition) is 2. The van der Waals surface area contributed by atoms with Crippen molar-refractivity contribution in [3.05, 3.63) is 144 Å². The van der Waals surface area contributed by atoms with E-state index >= 15 is 0 Å². The molecule has 0 radical (unpaired) electrons. The molecule has 1 saturated carbocycles. The van der Waals surface area contributed by atoms with Crippen LogP contribution in [-0.2, 0) is 18.9 Å². The number of carbonyl (C=O) groups is 4. The third-order valence-corrected chi connectivity index (χ3v) is 7.00. The van der Waals surface area contributed by atoms with Crippen LogP contribution in [0.1, 0.15) is 41.4 Å². The van der Waals surface area contributed by atoms with Crippen LogP contribution in [0.5, 0.6) is 0 Å². The van der Waals surface area contributed by atoms with Gasteiger partial charge in [0.15, 0.2) is 24.4 Å². The topological polar surface area (TPSA) is 146 Å². The predicted molar refractivity (Wildman–Crippen MR) is 155 cm³/mol. The zero-order valence-electron chi connectivity index (χ0n) is 23.2. The SMILES string of the molecule is O=C(OC1[C@H](O)[C@H](OC(=O)c2ccccc2)C(OC(=O)c2ccccc2)[C@H](OC(=O)c2ccccc2)[C@H]1O)c1ccccc1. The number of ether oxygens (including phenoxy) is 4. The highest BCUT2D eigenvalue weighted by molar-refractivity contribution is 5.92. The lowest BCUT2D eigenvalue weighted by Gasteiger charge is -2.45. The number of aliphatic hydroxyl groups excluding tert-OH is 2. The Morgan fingerprint density at radius 3 is 0.864 bits per heavy atom. The molecule has 1 fully saturated rings. The van der Waals surface area contributed by atoms with Crippen LogP contribution in [0, 0.1) is 0 Å². The van der Waals surface area contributed by atoms with Crippen LogP contribution in [0.25, 0.3) is 0 Å². The van der Waals surface area contributed by atoms with E-state index in [1.807, 2.05) is 0 Å². The molecule has 0 amide bonds. The molecule has 2 N–H and O–H groups in total. The number of hydrogen-bond acceptors (Lipinski definition) is 10. The minimum absolute atomic E-state index is 0.106. The molecular formula is C34H28O10. The first-order chi connectivity index (χ1) is 21.3. The first kappa shape index (κ1) is 30.1. The Morgan fingerprint density at radius 1 is 0.364 bits per heavy atom. The fourth-order valence-corrected chi connectivity index (χ4v) is 4.76. The maximum Gasteiger partial charge on any atom is 0.338 e. The average Bonchev–Trinajstić information content (AvgIpc) is 3.07. The Hall–Kier alpha value is -5.32. The number of aliphatic hydroxyl groups is 2. The molecule has 1 aliphatic carbocycles. The second kappa shape index (κ2) is 13.8. The summed E-state index contributed by atoms with van der Waals surface area (Å²) in [7, 11) is 0. The van der Waals surface area contributed by atoms with Gasteiger partial charge in [-0.25, -0.2) is 19.2 Å². The lowest BCUT2D eigenvalue weighted by atomic mass is 9.84. The van der Waals surface area contributed by atoms with Crippen molar-refractivity contribution >= 4 is 23.9 Å². The molecule has 0 aromatic heterocycles. The number of rotatable bonds is 8. The molecule has 0 bridgehead atoms. The molecule has 10 nitrogen and oxygen atoms in total. The number of benzene rings is 4. The summed E-state index contributed by atoms with van der Waals surface area (Å²) in [4.78, 5) is 52.6. The second-order valence-corrected chi connectivity index (χ2v) is 9.92.